The molecule has 2 heterocycles. The maximum atomic E-state index is 4.43. The molecule has 14 heavy (non-hydrogen) atoms. The normalized spacial score (nSPS) is 11.1. The first-order chi connectivity index (χ1) is 6.74. The van der Waals surface area contributed by atoms with Crippen molar-refractivity contribution in [2.24, 2.45) is 0 Å². The zero-order chi connectivity index (χ0) is 10.1. The molecule has 0 aliphatic carbocycles. The molecule has 0 unspecified atom stereocenters. The molecule has 0 saturated heterocycles. The molecule has 3 heteroatoms. The van der Waals surface area contributed by atoms with Crippen LogP contribution in [-0.2, 0) is 0 Å². The van der Waals surface area contributed by atoms with Crippen LogP contribution in [0, 0.1) is 0 Å². The van der Waals surface area contributed by atoms with Gasteiger partial charge < -0.3 is 9.72 Å². The molecule has 2 aromatic rings. The third-order valence-electron chi connectivity index (χ3n) is 2.39. The van der Waals surface area contributed by atoms with Gasteiger partial charge in [0.2, 0.25) is 0 Å². The number of hydrogen-bond acceptors (Lipinski definition) is 2. The minimum Gasteiger partial charge on any atom is -0.386 e. The monoisotopic (exact) mass is 189 g/mol. The van der Waals surface area contributed by atoms with Crippen LogP contribution in [-0.4, -0.2) is 16.4 Å². The van der Waals surface area contributed by atoms with Gasteiger partial charge in [-0.05, 0) is 12.1 Å². The molecular weight excluding hydrogens is 174 g/mol. The molecule has 0 amide bonds. The van der Waals surface area contributed by atoms with E-state index in [0.717, 1.165) is 17.0 Å². The van der Waals surface area contributed by atoms with Gasteiger partial charge in [-0.2, -0.15) is 0 Å². The molecule has 0 fully saturated rings. The fraction of sp³-hybridized carbons (Fsp3) is 0.364. The summed E-state index contributed by atoms with van der Waals surface area (Å²) in [6.45, 7) is 4.31. The Labute approximate surface area is 83.8 Å². The summed E-state index contributed by atoms with van der Waals surface area (Å²) in [5.41, 5.74) is 2.26. The van der Waals surface area contributed by atoms with Gasteiger partial charge in [-0.25, -0.2) is 4.98 Å². The third kappa shape index (κ3) is 1.25. The summed E-state index contributed by atoms with van der Waals surface area (Å²) in [5, 5.41) is 3.16. The summed E-state index contributed by atoms with van der Waals surface area (Å²) < 4.78 is 2.14. The van der Waals surface area contributed by atoms with E-state index in [9.17, 15) is 0 Å². The fourth-order valence-corrected chi connectivity index (χ4v) is 1.68. The van der Waals surface area contributed by atoms with Gasteiger partial charge in [-0.1, -0.05) is 13.8 Å². The Hall–Kier alpha value is -1.51. The molecule has 2 aromatic heterocycles. The van der Waals surface area contributed by atoms with E-state index in [1.54, 1.807) is 0 Å². The molecular formula is C11H15N3. The highest BCUT2D eigenvalue weighted by Gasteiger charge is 2.08. The molecule has 0 radical (unpaired) electrons. The lowest BCUT2D eigenvalue weighted by molar-refractivity contribution is 0.770. The first-order valence-electron chi connectivity index (χ1n) is 4.87. The van der Waals surface area contributed by atoms with Crippen LogP contribution in [0.4, 0.5) is 5.69 Å². The average molecular weight is 189 g/mol. The summed E-state index contributed by atoms with van der Waals surface area (Å²) in [4.78, 5) is 4.43. The van der Waals surface area contributed by atoms with Crippen LogP contribution in [0.15, 0.2) is 24.5 Å². The van der Waals surface area contributed by atoms with Gasteiger partial charge in [-0.15, -0.1) is 0 Å². The Morgan fingerprint density at radius 2 is 2.21 bits per heavy atom. The number of pyridine rings is 1. The molecule has 0 bridgehead atoms. The smallest absolute Gasteiger partial charge is 0.115 e. The van der Waals surface area contributed by atoms with E-state index in [1.807, 2.05) is 19.3 Å². The number of hydrogen-bond donors (Lipinski definition) is 1. The van der Waals surface area contributed by atoms with Crippen molar-refractivity contribution >= 4 is 11.2 Å². The number of rotatable bonds is 2. The fourth-order valence-electron chi connectivity index (χ4n) is 1.68. The lowest BCUT2D eigenvalue weighted by Gasteiger charge is -2.06. The standard InChI is InChI=1S/C11H15N3/c1-8(2)11-13-7-10-9(12-3)5-4-6-14(10)11/h4-8,12H,1-3H3. The maximum Gasteiger partial charge on any atom is 0.115 e. The van der Waals surface area contributed by atoms with Crippen LogP contribution in [0.5, 0.6) is 0 Å². The predicted molar refractivity (Wildman–Crippen MR) is 58.8 cm³/mol. The lowest BCUT2D eigenvalue weighted by atomic mass is 10.2. The zero-order valence-corrected chi connectivity index (χ0v) is 8.78. The Kier molecular flexibility index (Phi) is 2.15. The van der Waals surface area contributed by atoms with E-state index in [2.05, 4.69) is 40.8 Å². The lowest BCUT2D eigenvalue weighted by Crippen LogP contribution is -1.98. The van der Waals surface area contributed by atoms with E-state index in [-0.39, 0.29) is 0 Å². The molecule has 0 saturated carbocycles. The van der Waals surface area contributed by atoms with Crippen LogP contribution in [0.3, 0.4) is 0 Å². The van der Waals surface area contributed by atoms with Gasteiger partial charge in [0.25, 0.3) is 0 Å². The van der Waals surface area contributed by atoms with E-state index >= 15 is 0 Å². The zero-order valence-electron chi connectivity index (χ0n) is 8.78. The van der Waals surface area contributed by atoms with Gasteiger partial charge in [0.15, 0.2) is 0 Å². The molecule has 0 spiro atoms. The second-order valence-corrected chi connectivity index (χ2v) is 3.70. The van der Waals surface area contributed by atoms with Crippen molar-refractivity contribution in [3.05, 3.63) is 30.4 Å². The molecule has 0 aromatic carbocycles. The van der Waals surface area contributed by atoms with Crippen molar-refractivity contribution < 1.29 is 0 Å². The van der Waals surface area contributed by atoms with E-state index < -0.39 is 0 Å². The second kappa shape index (κ2) is 3.33. The van der Waals surface area contributed by atoms with Crippen LogP contribution in [0.1, 0.15) is 25.6 Å². The highest BCUT2D eigenvalue weighted by atomic mass is 15.0. The molecule has 0 aliphatic rings. The number of aromatic nitrogens is 2. The number of imidazole rings is 1. The highest BCUT2D eigenvalue weighted by molar-refractivity contribution is 5.71. The SMILES string of the molecule is CNc1cccn2c(C(C)C)ncc12. The molecule has 2 rings (SSSR count). The first-order valence-corrected chi connectivity index (χ1v) is 4.87. The third-order valence-corrected chi connectivity index (χ3v) is 2.39. The van der Waals surface area contributed by atoms with Crippen molar-refractivity contribution in [3.8, 4) is 0 Å². The van der Waals surface area contributed by atoms with Gasteiger partial charge in [-0.3, -0.25) is 0 Å². The van der Waals surface area contributed by atoms with Gasteiger partial charge in [0.05, 0.1) is 17.4 Å². The van der Waals surface area contributed by atoms with Crippen LogP contribution >= 0.6 is 0 Å². The van der Waals surface area contributed by atoms with E-state index in [1.165, 1.54) is 0 Å². The van der Waals surface area contributed by atoms with E-state index in [4.69, 9.17) is 0 Å². The highest BCUT2D eigenvalue weighted by Crippen LogP contribution is 2.20. The first kappa shape index (κ1) is 9.06. The van der Waals surface area contributed by atoms with Crippen molar-refractivity contribution in [2.45, 2.75) is 19.8 Å². The minimum atomic E-state index is 0.449. The molecule has 3 nitrogen and oxygen atoms in total. The van der Waals surface area contributed by atoms with Crippen LogP contribution in [0.2, 0.25) is 0 Å². The average Bonchev–Trinajstić information content (AvgIpc) is 2.60. The quantitative estimate of drug-likeness (QED) is 0.786. The summed E-state index contributed by atoms with van der Waals surface area (Å²) in [7, 11) is 1.93. The molecule has 1 N–H and O–H groups in total. The Morgan fingerprint density at radius 3 is 2.86 bits per heavy atom. The summed E-state index contributed by atoms with van der Waals surface area (Å²) in [6.07, 6.45) is 3.97. The Morgan fingerprint density at radius 1 is 1.43 bits per heavy atom. The number of nitrogens with one attached hydrogen (secondary N) is 1. The second-order valence-electron chi connectivity index (χ2n) is 3.70. The van der Waals surface area contributed by atoms with Crippen molar-refractivity contribution in [1.82, 2.24) is 9.38 Å². The summed E-state index contributed by atoms with van der Waals surface area (Å²) >= 11 is 0. The topological polar surface area (TPSA) is 29.3 Å². The number of anilines is 1. The van der Waals surface area contributed by atoms with Gasteiger partial charge in [0.1, 0.15) is 5.82 Å². The Balaban J connectivity index is 2.69. The van der Waals surface area contributed by atoms with Crippen molar-refractivity contribution in [2.75, 3.05) is 12.4 Å². The predicted octanol–water partition coefficient (Wildman–Crippen LogP) is 2.50. The van der Waals surface area contributed by atoms with Crippen molar-refractivity contribution in [1.29, 1.82) is 0 Å². The number of fused-ring (bicyclic) bond motifs is 1. The number of nitrogens with zero attached hydrogens (tertiary/aromatic N) is 2. The summed E-state index contributed by atoms with van der Waals surface area (Å²) in [5.74, 6) is 1.56. The maximum absolute atomic E-state index is 4.43. The van der Waals surface area contributed by atoms with E-state index in [0.29, 0.717) is 5.92 Å². The Bertz CT molecular complexity index is 443. The van der Waals surface area contributed by atoms with Crippen molar-refractivity contribution in [3.63, 3.8) is 0 Å². The molecule has 74 valence electrons. The molecule has 0 atom stereocenters. The largest absolute Gasteiger partial charge is 0.386 e. The molecule has 0 aliphatic heterocycles. The minimum absolute atomic E-state index is 0.449. The van der Waals surface area contributed by atoms with Crippen LogP contribution < -0.4 is 5.32 Å². The van der Waals surface area contributed by atoms with Gasteiger partial charge in [0, 0.05) is 19.2 Å². The van der Waals surface area contributed by atoms with Gasteiger partial charge >= 0.3 is 0 Å². The van der Waals surface area contributed by atoms with Crippen LogP contribution in [0.25, 0.3) is 5.52 Å². The summed E-state index contributed by atoms with van der Waals surface area (Å²) in [6, 6.07) is 4.09.